The molecule has 7 nitrogen and oxygen atoms in total. The van der Waals surface area contributed by atoms with Crippen molar-refractivity contribution < 1.29 is 19.2 Å². The van der Waals surface area contributed by atoms with Crippen molar-refractivity contribution in [1.29, 1.82) is 0 Å². The Hall–Kier alpha value is -3.19. The minimum absolute atomic E-state index is 0.213. The molecule has 28 heavy (non-hydrogen) atoms. The first kappa shape index (κ1) is 19.6. The molecule has 0 bridgehead atoms. The Morgan fingerprint density at radius 3 is 2.39 bits per heavy atom. The zero-order valence-corrected chi connectivity index (χ0v) is 16.0. The van der Waals surface area contributed by atoms with Gasteiger partial charge in [-0.15, -0.1) is 0 Å². The highest BCUT2D eigenvalue weighted by Gasteiger charge is 2.44. The Bertz CT molecular complexity index is 973. The monoisotopic (exact) mass is 399 g/mol. The van der Waals surface area contributed by atoms with Gasteiger partial charge in [-0.05, 0) is 32.0 Å². The Morgan fingerprint density at radius 1 is 1.11 bits per heavy atom. The summed E-state index contributed by atoms with van der Waals surface area (Å²) in [6.45, 7) is 2.65. The number of amides is 4. The predicted molar refractivity (Wildman–Crippen MR) is 104 cm³/mol. The van der Waals surface area contributed by atoms with Crippen LogP contribution in [-0.4, -0.2) is 40.6 Å². The second-order valence-electron chi connectivity index (χ2n) is 6.88. The Labute approximate surface area is 166 Å². The fourth-order valence-corrected chi connectivity index (χ4v) is 3.03. The molecule has 0 atom stereocenters. The molecule has 0 saturated carbocycles. The Morgan fingerprint density at radius 2 is 1.79 bits per heavy atom. The van der Waals surface area contributed by atoms with E-state index in [0.717, 1.165) is 4.90 Å². The van der Waals surface area contributed by atoms with Crippen LogP contribution in [0.1, 0.15) is 29.8 Å². The summed E-state index contributed by atoms with van der Waals surface area (Å²) in [7, 11) is 0. The first-order valence-electron chi connectivity index (χ1n) is 8.52. The number of hydrogen-bond acceptors (Lipinski definition) is 4. The zero-order valence-electron chi connectivity index (χ0n) is 15.3. The van der Waals surface area contributed by atoms with E-state index in [2.05, 4.69) is 10.6 Å². The fourth-order valence-electron chi connectivity index (χ4n) is 2.85. The highest BCUT2D eigenvalue weighted by molar-refractivity contribution is 6.31. The van der Waals surface area contributed by atoms with Crippen molar-refractivity contribution >= 4 is 40.9 Å². The lowest BCUT2D eigenvalue weighted by molar-refractivity contribution is -0.132. The zero-order chi connectivity index (χ0) is 20.5. The van der Waals surface area contributed by atoms with Gasteiger partial charge in [0.25, 0.3) is 5.91 Å². The average molecular weight is 400 g/mol. The SMILES string of the molecule is CC1(C)NC(=O)N(CC(=O)Nc2ccc(Cl)cc2C(=O)c2ccccc2)C1=O. The van der Waals surface area contributed by atoms with Crippen LogP contribution in [0.2, 0.25) is 5.02 Å². The summed E-state index contributed by atoms with van der Waals surface area (Å²) in [5.41, 5.74) is -0.165. The van der Waals surface area contributed by atoms with Crippen molar-refractivity contribution in [2.45, 2.75) is 19.4 Å². The third-order valence-corrected chi connectivity index (χ3v) is 4.52. The van der Waals surface area contributed by atoms with Crippen LogP contribution in [0, 0.1) is 0 Å². The van der Waals surface area contributed by atoms with E-state index >= 15 is 0 Å². The highest BCUT2D eigenvalue weighted by atomic mass is 35.5. The first-order valence-corrected chi connectivity index (χ1v) is 8.90. The predicted octanol–water partition coefficient (Wildman–Crippen LogP) is 2.84. The lowest BCUT2D eigenvalue weighted by Gasteiger charge is -2.16. The summed E-state index contributed by atoms with van der Waals surface area (Å²) in [4.78, 5) is 50.2. The van der Waals surface area contributed by atoms with Gasteiger partial charge in [-0.1, -0.05) is 41.9 Å². The summed E-state index contributed by atoms with van der Waals surface area (Å²) in [5, 5.41) is 5.44. The fraction of sp³-hybridized carbons (Fsp3) is 0.200. The minimum Gasteiger partial charge on any atom is -0.324 e. The maximum atomic E-state index is 12.8. The Balaban J connectivity index is 1.81. The van der Waals surface area contributed by atoms with Gasteiger partial charge in [-0.2, -0.15) is 0 Å². The number of carbonyl (C=O) groups excluding carboxylic acids is 4. The molecular weight excluding hydrogens is 382 g/mol. The van der Waals surface area contributed by atoms with Crippen molar-refractivity contribution in [3.05, 3.63) is 64.7 Å². The number of benzene rings is 2. The van der Waals surface area contributed by atoms with Crippen LogP contribution < -0.4 is 10.6 Å². The van der Waals surface area contributed by atoms with E-state index in [1.54, 1.807) is 44.2 Å². The van der Waals surface area contributed by atoms with Crippen LogP contribution in [-0.2, 0) is 9.59 Å². The molecule has 1 heterocycles. The van der Waals surface area contributed by atoms with Crippen LogP contribution in [0.25, 0.3) is 0 Å². The van der Waals surface area contributed by atoms with Gasteiger partial charge in [0.1, 0.15) is 12.1 Å². The molecule has 2 aromatic rings. The van der Waals surface area contributed by atoms with Gasteiger partial charge in [0.05, 0.1) is 5.69 Å². The molecule has 2 aromatic carbocycles. The van der Waals surface area contributed by atoms with Crippen molar-refractivity contribution in [3.8, 4) is 0 Å². The Kier molecular flexibility index (Phi) is 5.20. The number of hydrogen-bond donors (Lipinski definition) is 2. The summed E-state index contributed by atoms with van der Waals surface area (Å²) >= 11 is 6.02. The van der Waals surface area contributed by atoms with Crippen molar-refractivity contribution in [2.75, 3.05) is 11.9 Å². The number of ketones is 1. The molecule has 4 amide bonds. The lowest BCUT2D eigenvalue weighted by atomic mass is 10.0. The second-order valence-corrected chi connectivity index (χ2v) is 7.32. The minimum atomic E-state index is -1.06. The maximum Gasteiger partial charge on any atom is 0.325 e. The number of urea groups is 1. The van der Waals surface area contributed by atoms with Gasteiger partial charge in [-0.25, -0.2) is 4.79 Å². The number of rotatable bonds is 5. The third-order valence-electron chi connectivity index (χ3n) is 4.28. The number of halogens is 1. The van der Waals surface area contributed by atoms with Gasteiger partial charge in [0.2, 0.25) is 5.91 Å². The maximum absolute atomic E-state index is 12.8. The standard InChI is InChI=1S/C20H18ClN3O4/c1-20(2)18(27)24(19(28)23-20)11-16(25)22-15-9-8-13(21)10-14(15)17(26)12-6-4-3-5-7-12/h3-10H,11H2,1-2H3,(H,22,25)(H,23,28). The smallest absolute Gasteiger partial charge is 0.324 e. The molecule has 8 heteroatoms. The number of anilines is 1. The van der Waals surface area contributed by atoms with E-state index in [4.69, 9.17) is 11.6 Å². The number of carbonyl (C=O) groups is 4. The average Bonchev–Trinajstić information content (AvgIpc) is 2.85. The second kappa shape index (κ2) is 7.44. The summed E-state index contributed by atoms with van der Waals surface area (Å²) < 4.78 is 0. The van der Waals surface area contributed by atoms with Gasteiger partial charge in [0.15, 0.2) is 5.78 Å². The quantitative estimate of drug-likeness (QED) is 0.597. The van der Waals surface area contributed by atoms with Crippen LogP contribution in [0.15, 0.2) is 48.5 Å². The molecule has 2 N–H and O–H groups in total. The third kappa shape index (κ3) is 3.89. The topological polar surface area (TPSA) is 95.6 Å². The van der Waals surface area contributed by atoms with E-state index in [-0.39, 0.29) is 17.0 Å². The molecular formula is C20H18ClN3O4. The normalized spacial score (nSPS) is 15.3. The molecule has 1 aliphatic heterocycles. The van der Waals surface area contributed by atoms with Crippen LogP contribution in [0.3, 0.4) is 0 Å². The van der Waals surface area contributed by atoms with Crippen molar-refractivity contribution in [3.63, 3.8) is 0 Å². The molecule has 0 aliphatic carbocycles. The molecule has 3 rings (SSSR count). The van der Waals surface area contributed by atoms with Gasteiger partial charge in [0, 0.05) is 16.1 Å². The number of nitrogens with zero attached hydrogens (tertiary/aromatic N) is 1. The van der Waals surface area contributed by atoms with E-state index in [0.29, 0.717) is 10.6 Å². The van der Waals surface area contributed by atoms with Gasteiger partial charge >= 0.3 is 6.03 Å². The lowest BCUT2D eigenvalue weighted by Crippen LogP contribution is -2.41. The van der Waals surface area contributed by atoms with E-state index in [9.17, 15) is 19.2 Å². The van der Waals surface area contributed by atoms with E-state index in [1.807, 2.05) is 0 Å². The molecule has 144 valence electrons. The van der Waals surface area contributed by atoms with E-state index in [1.165, 1.54) is 18.2 Å². The van der Waals surface area contributed by atoms with Crippen molar-refractivity contribution in [2.24, 2.45) is 0 Å². The number of imide groups is 1. The number of nitrogens with one attached hydrogen (secondary N) is 2. The van der Waals surface area contributed by atoms with Crippen LogP contribution in [0.5, 0.6) is 0 Å². The molecule has 0 spiro atoms. The molecule has 0 aromatic heterocycles. The molecule has 0 radical (unpaired) electrons. The molecule has 1 saturated heterocycles. The largest absolute Gasteiger partial charge is 0.325 e. The van der Waals surface area contributed by atoms with E-state index < -0.39 is 29.9 Å². The summed E-state index contributed by atoms with van der Waals surface area (Å²) in [6.07, 6.45) is 0. The molecule has 1 aliphatic rings. The summed E-state index contributed by atoms with van der Waals surface area (Å²) in [5.74, 6) is -1.41. The van der Waals surface area contributed by atoms with Gasteiger partial charge in [-0.3, -0.25) is 19.3 Å². The first-order chi connectivity index (χ1) is 13.2. The molecule has 0 unspecified atom stereocenters. The summed E-state index contributed by atoms with van der Waals surface area (Å²) in [6, 6.07) is 12.4. The molecule has 1 fully saturated rings. The van der Waals surface area contributed by atoms with Crippen LogP contribution in [0.4, 0.5) is 10.5 Å². The van der Waals surface area contributed by atoms with Crippen molar-refractivity contribution in [1.82, 2.24) is 10.2 Å². The highest BCUT2D eigenvalue weighted by Crippen LogP contribution is 2.24. The van der Waals surface area contributed by atoms with Crippen LogP contribution >= 0.6 is 11.6 Å². The van der Waals surface area contributed by atoms with Gasteiger partial charge < -0.3 is 10.6 Å².